The molecule has 0 unspecified atom stereocenters. The molecule has 2 rings (SSSR count). The van der Waals surface area contributed by atoms with Gasteiger partial charge in [-0.2, -0.15) is 0 Å². The van der Waals surface area contributed by atoms with E-state index in [-0.39, 0.29) is 30.4 Å². The fraction of sp³-hybridized carbons (Fsp3) is 0.529. The first-order valence-electron chi connectivity index (χ1n) is 7.79. The van der Waals surface area contributed by atoms with Crippen LogP contribution in [-0.4, -0.2) is 40.5 Å². The topological polar surface area (TPSA) is 69.6 Å². The van der Waals surface area contributed by atoms with Gasteiger partial charge >= 0.3 is 0 Å². The van der Waals surface area contributed by atoms with Gasteiger partial charge in [-0.25, -0.2) is 0 Å². The number of nitrogens with zero attached hydrogens (tertiary/aromatic N) is 1. The number of fused-ring (bicyclic) bond motifs is 1. The van der Waals surface area contributed by atoms with Crippen molar-refractivity contribution in [3.63, 3.8) is 0 Å². The zero-order chi connectivity index (χ0) is 16.3. The average molecular weight is 304 g/mol. The van der Waals surface area contributed by atoms with E-state index in [1.165, 1.54) is 0 Å². The fourth-order valence-electron chi connectivity index (χ4n) is 2.81. The van der Waals surface area contributed by atoms with Crippen LogP contribution in [0.5, 0.6) is 0 Å². The van der Waals surface area contributed by atoms with E-state index in [0.717, 1.165) is 12.0 Å². The largest absolute Gasteiger partial charge is 0.394 e. The molecule has 3 atom stereocenters. The number of hydrogen-bond acceptors (Lipinski definition) is 3. The second-order valence-electron chi connectivity index (χ2n) is 6.01. The van der Waals surface area contributed by atoms with Gasteiger partial charge < -0.3 is 15.3 Å². The van der Waals surface area contributed by atoms with E-state index >= 15 is 0 Å². The Morgan fingerprint density at radius 1 is 1.36 bits per heavy atom. The van der Waals surface area contributed by atoms with E-state index in [9.17, 15) is 9.59 Å². The standard InChI is InChI=1S/C17H24N2O3/c1-4-11(2)15(16(21)18-12(3)10-20)19-9-13-7-5-6-8-14(13)17(19)22/h5-8,11-12,15,20H,4,9-10H2,1-3H3,(H,18,21)/t11-,12+,15+/m0/s1. The van der Waals surface area contributed by atoms with Gasteiger partial charge in [0.2, 0.25) is 5.91 Å². The van der Waals surface area contributed by atoms with E-state index in [2.05, 4.69) is 5.32 Å². The third kappa shape index (κ3) is 3.14. The summed E-state index contributed by atoms with van der Waals surface area (Å²) in [5.74, 6) is -0.242. The van der Waals surface area contributed by atoms with Gasteiger partial charge in [0.15, 0.2) is 0 Å². The number of nitrogens with one attached hydrogen (secondary N) is 1. The Morgan fingerprint density at radius 3 is 2.64 bits per heavy atom. The summed E-state index contributed by atoms with van der Waals surface area (Å²) in [5, 5.41) is 11.9. The number of benzene rings is 1. The average Bonchev–Trinajstić information content (AvgIpc) is 2.84. The van der Waals surface area contributed by atoms with Crippen LogP contribution in [0.25, 0.3) is 0 Å². The molecule has 1 aliphatic rings. The van der Waals surface area contributed by atoms with Crippen LogP contribution in [0.3, 0.4) is 0 Å². The van der Waals surface area contributed by atoms with Gasteiger partial charge in [-0.1, -0.05) is 38.5 Å². The van der Waals surface area contributed by atoms with E-state index in [4.69, 9.17) is 5.11 Å². The van der Waals surface area contributed by atoms with Crippen LogP contribution in [0, 0.1) is 5.92 Å². The molecule has 0 aliphatic carbocycles. The second kappa shape index (κ2) is 6.92. The molecular weight excluding hydrogens is 280 g/mol. The van der Waals surface area contributed by atoms with Crippen molar-refractivity contribution in [3.05, 3.63) is 35.4 Å². The summed E-state index contributed by atoms with van der Waals surface area (Å²) in [5.41, 5.74) is 1.64. The lowest BCUT2D eigenvalue weighted by Gasteiger charge is -2.32. The lowest BCUT2D eigenvalue weighted by molar-refractivity contribution is -0.128. The highest BCUT2D eigenvalue weighted by atomic mass is 16.3. The molecule has 1 aromatic rings. The van der Waals surface area contributed by atoms with Gasteiger partial charge in [0.05, 0.1) is 6.61 Å². The maximum absolute atomic E-state index is 12.6. The predicted molar refractivity (Wildman–Crippen MR) is 84.2 cm³/mol. The summed E-state index contributed by atoms with van der Waals surface area (Å²) in [4.78, 5) is 26.8. The lowest BCUT2D eigenvalue weighted by atomic mass is 9.96. The van der Waals surface area contributed by atoms with E-state index < -0.39 is 6.04 Å². The fourth-order valence-corrected chi connectivity index (χ4v) is 2.81. The van der Waals surface area contributed by atoms with Crippen molar-refractivity contribution in [1.82, 2.24) is 10.2 Å². The zero-order valence-electron chi connectivity index (χ0n) is 13.4. The third-order valence-electron chi connectivity index (χ3n) is 4.30. The minimum Gasteiger partial charge on any atom is -0.394 e. The molecule has 5 heteroatoms. The molecule has 0 bridgehead atoms. The zero-order valence-corrected chi connectivity index (χ0v) is 13.4. The van der Waals surface area contributed by atoms with Crippen LogP contribution in [0.15, 0.2) is 24.3 Å². The molecule has 2 N–H and O–H groups in total. The summed E-state index contributed by atoms with van der Waals surface area (Å²) >= 11 is 0. The summed E-state index contributed by atoms with van der Waals surface area (Å²) in [6.45, 7) is 6.07. The van der Waals surface area contributed by atoms with Crippen LogP contribution in [0.1, 0.15) is 43.1 Å². The minimum absolute atomic E-state index is 0.0455. The Hall–Kier alpha value is -1.88. The Balaban J connectivity index is 2.24. The Kier molecular flexibility index (Phi) is 5.19. The summed E-state index contributed by atoms with van der Waals surface area (Å²) in [6.07, 6.45) is 0.797. The predicted octanol–water partition coefficient (Wildman–Crippen LogP) is 1.55. The maximum atomic E-state index is 12.6. The van der Waals surface area contributed by atoms with Crippen molar-refractivity contribution in [3.8, 4) is 0 Å². The van der Waals surface area contributed by atoms with Crippen molar-refractivity contribution >= 4 is 11.8 Å². The van der Waals surface area contributed by atoms with Gasteiger partial charge in [-0.3, -0.25) is 9.59 Å². The molecule has 22 heavy (non-hydrogen) atoms. The number of aliphatic hydroxyl groups is 1. The van der Waals surface area contributed by atoms with E-state index in [1.54, 1.807) is 17.9 Å². The number of amides is 2. The Bertz CT molecular complexity index is 559. The number of rotatable bonds is 6. The van der Waals surface area contributed by atoms with E-state index in [1.807, 2.05) is 32.0 Å². The molecule has 1 aromatic carbocycles. The molecule has 0 saturated carbocycles. The van der Waals surface area contributed by atoms with Crippen molar-refractivity contribution in [2.75, 3.05) is 6.61 Å². The molecule has 120 valence electrons. The number of carbonyl (C=O) groups excluding carboxylic acids is 2. The molecule has 0 aromatic heterocycles. The first-order chi connectivity index (χ1) is 10.5. The molecule has 0 spiro atoms. The molecule has 0 saturated heterocycles. The van der Waals surface area contributed by atoms with Crippen LogP contribution in [0.4, 0.5) is 0 Å². The minimum atomic E-state index is -0.515. The SMILES string of the molecule is CC[C@H](C)[C@H](C(=O)N[C@H](C)CO)N1Cc2ccccc2C1=O. The Labute approximate surface area is 131 Å². The number of aliphatic hydroxyl groups excluding tert-OH is 1. The Morgan fingerprint density at radius 2 is 2.05 bits per heavy atom. The van der Waals surface area contributed by atoms with Crippen molar-refractivity contribution in [2.24, 2.45) is 5.92 Å². The highest BCUT2D eigenvalue weighted by molar-refractivity contribution is 6.01. The van der Waals surface area contributed by atoms with E-state index in [0.29, 0.717) is 12.1 Å². The normalized spacial score (nSPS) is 17.8. The number of carbonyl (C=O) groups is 2. The van der Waals surface area contributed by atoms with Gasteiger partial charge in [0.1, 0.15) is 6.04 Å². The third-order valence-corrected chi connectivity index (χ3v) is 4.30. The van der Waals surface area contributed by atoms with Gasteiger partial charge in [0, 0.05) is 18.2 Å². The van der Waals surface area contributed by atoms with Gasteiger partial charge in [-0.15, -0.1) is 0 Å². The molecular formula is C17H24N2O3. The molecule has 0 radical (unpaired) electrons. The summed E-state index contributed by atoms with van der Waals surface area (Å²) < 4.78 is 0. The van der Waals surface area contributed by atoms with Crippen LogP contribution < -0.4 is 5.32 Å². The van der Waals surface area contributed by atoms with Crippen LogP contribution in [0.2, 0.25) is 0 Å². The lowest BCUT2D eigenvalue weighted by Crippen LogP contribution is -2.52. The monoisotopic (exact) mass is 304 g/mol. The summed E-state index contributed by atoms with van der Waals surface area (Å²) in [6, 6.07) is 6.64. The maximum Gasteiger partial charge on any atom is 0.255 e. The smallest absolute Gasteiger partial charge is 0.255 e. The van der Waals surface area contributed by atoms with Crippen molar-refractivity contribution in [2.45, 2.75) is 45.8 Å². The highest BCUT2D eigenvalue weighted by Crippen LogP contribution is 2.28. The highest BCUT2D eigenvalue weighted by Gasteiger charge is 2.38. The van der Waals surface area contributed by atoms with Gasteiger partial charge in [0.25, 0.3) is 5.91 Å². The first-order valence-corrected chi connectivity index (χ1v) is 7.79. The summed E-state index contributed by atoms with van der Waals surface area (Å²) in [7, 11) is 0. The molecule has 5 nitrogen and oxygen atoms in total. The number of hydrogen-bond donors (Lipinski definition) is 2. The molecule has 1 heterocycles. The molecule has 1 aliphatic heterocycles. The van der Waals surface area contributed by atoms with Crippen molar-refractivity contribution in [1.29, 1.82) is 0 Å². The quantitative estimate of drug-likeness (QED) is 0.838. The second-order valence-corrected chi connectivity index (χ2v) is 6.01. The molecule has 2 amide bonds. The molecule has 0 fully saturated rings. The van der Waals surface area contributed by atoms with Crippen LogP contribution >= 0.6 is 0 Å². The van der Waals surface area contributed by atoms with Gasteiger partial charge in [-0.05, 0) is 24.5 Å². The van der Waals surface area contributed by atoms with Crippen LogP contribution in [-0.2, 0) is 11.3 Å². The first kappa shape index (κ1) is 16.5. The van der Waals surface area contributed by atoms with Crippen molar-refractivity contribution < 1.29 is 14.7 Å².